The van der Waals surface area contributed by atoms with Gasteiger partial charge in [-0.3, -0.25) is 4.79 Å². The summed E-state index contributed by atoms with van der Waals surface area (Å²) in [6.45, 7) is 2.78. The number of carbonyl (C=O) groups excluding carboxylic acids is 1. The highest BCUT2D eigenvalue weighted by molar-refractivity contribution is 5.98. The number of anilines is 1. The van der Waals surface area contributed by atoms with Crippen molar-refractivity contribution in [2.75, 3.05) is 11.9 Å². The zero-order valence-corrected chi connectivity index (χ0v) is 9.79. The lowest BCUT2D eigenvalue weighted by atomic mass is 9.99. The molecule has 0 aliphatic carbocycles. The summed E-state index contributed by atoms with van der Waals surface area (Å²) in [6.07, 6.45) is 1.86. The van der Waals surface area contributed by atoms with Crippen LogP contribution in [-0.4, -0.2) is 18.0 Å². The molecule has 1 aliphatic heterocycles. The maximum Gasteiger partial charge on any atom is 0.244 e. The van der Waals surface area contributed by atoms with Crippen molar-refractivity contribution in [2.24, 2.45) is 0 Å². The third-order valence-corrected chi connectivity index (χ3v) is 3.12. The largest absolute Gasteiger partial charge is 0.324 e. The zero-order chi connectivity index (χ0) is 12.3. The van der Waals surface area contributed by atoms with Crippen LogP contribution >= 0.6 is 0 Å². The second-order valence-corrected chi connectivity index (χ2v) is 4.51. The number of rotatable bonds is 2. The van der Waals surface area contributed by atoms with Gasteiger partial charge < -0.3 is 10.6 Å². The van der Waals surface area contributed by atoms with Gasteiger partial charge in [-0.1, -0.05) is 6.07 Å². The van der Waals surface area contributed by atoms with Crippen LogP contribution in [0.2, 0.25) is 0 Å². The first-order valence-electron chi connectivity index (χ1n) is 5.71. The van der Waals surface area contributed by atoms with E-state index in [9.17, 15) is 4.79 Å². The molecule has 88 valence electrons. The Morgan fingerprint density at radius 3 is 3.06 bits per heavy atom. The first-order chi connectivity index (χ1) is 8.14. The Bertz CT molecular complexity index is 470. The van der Waals surface area contributed by atoms with E-state index in [1.54, 1.807) is 24.3 Å². The summed E-state index contributed by atoms with van der Waals surface area (Å²) >= 11 is 0. The summed E-state index contributed by atoms with van der Waals surface area (Å²) in [5, 5.41) is 14.8. The van der Waals surface area contributed by atoms with Crippen molar-refractivity contribution >= 4 is 11.6 Å². The van der Waals surface area contributed by atoms with Gasteiger partial charge in [0.25, 0.3) is 0 Å². The predicted molar refractivity (Wildman–Crippen MR) is 65.4 cm³/mol. The Morgan fingerprint density at radius 2 is 2.41 bits per heavy atom. The van der Waals surface area contributed by atoms with Gasteiger partial charge in [0, 0.05) is 5.69 Å². The second-order valence-electron chi connectivity index (χ2n) is 4.51. The molecule has 0 bridgehead atoms. The third-order valence-electron chi connectivity index (χ3n) is 3.12. The van der Waals surface area contributed by atoms with Gasteiger partial charge in [-0.25, -0.2) is 0 Å². The van der Waals surface area contributed by atoms with E-state index >= 15 is 0 Å². The van der Waals surface area contributed by atoms with Crippen LogP contribution < -0.4 is 10.6 Å². The number of hydrogen-bond acceptors (Lipinski definition) is 3. The molecular weight excluding hydrogens is 214 g/mol. The van der Waals surface area contributed by atoms with Crippen molar-refractivity contribution in [3.63, 3.8) is 0 Å². The highest BCUT2D eigenvalue weighted by Gasteiger charge is 2.35. The van der Waals surface area contributed by atoms with Crippen molar-refractivity contribution in [3.05, 3.63) is 29.8 Å². The number of nitrogens with one attached hydrogen (secondary N) is 2. The van der Waals surface area contributed by atoms with E-state index in [0.29, 0.717) is 11.3 Å². The Labute approximate surface area is 101 Å². The molecular formula is C13H15N3O. The van der Waals surface area contributed by atoms with Gasteiger partial charge in [0.2, 0.25) is 5.91 Å². The fraction of sp³-hybridized carbons (Fsp3) is 0.385. The smallest absolute Gasteiger partial charge is 0.244 e. The van der Waals surface area contributed by atoms with Crippen molar-refractivity contribution in [1.29, 1.82) is 5.26 Å². The molecule has 1 amide bonds. The normalized spacial score (nSPS) is 23.1. The van der Waals surface area contributed by atoms with Crippen molar-refractivity contribution in [1.82, 2.24) is 5.32 Å². The molecule has 0 spiro atoms. The van der Waals surface area contributed by atoms with E-state index in [4.69, 9.17) is 5.26 Å². The SMILES string of the molecule is CC1(C(=O)Nc2cccc(C#N)c2)CCCN1. The lowest BCUT2D eigenvalue weighted by molar-refractivity contribution is -0.121. The molecule has 1 aromatic rings. The lowest BCUT2D eigenvalue weighted by Crippen LogP contribution is -2.47. The summed E-state index contributed by atoms with van der Waals surface area (Å²) in [5.41, 5.74) is 0.735. The van der Waals surface area contributed by atoms with Crippen molar-refractivity contribution in [3.8, 4) is 6.07 Å². The molecule has 1 atom stereocenters. The topological polar surface area (TPSA) is 64.9 Å². The summed E-state index contributed by atoms with van der Waals surface area (Å²) < 4.78 is 0. The van der Waals surface area contributed by atoms with Gasteiger partial charge in [0.05, 0.1) is 17.2 Å². The van der Waals surface area contributed by atoms with Crippen LogP contribution in [0, 0.1) is 11.3 Å². The van der Waals surface area contributed by atoms with Gasteiger partial charge in [0.1, 0.15) is 0 Å². The van der Waals surface area contributed by atoms with E-state index in [2.05, 4.69) is 16.7 Å². The monoisotopic (exact) mass is 229 g/mol. The van der Waals surface area contributed by atoms with Gasteiger partial charge >= 0.3 is 0 Å². The molecule has 1 saturated heterocycles. The highest BCUT2D eigenvalue weighted by Crippen LogP contribution is 2.21. The molecule has 0 radical (unpaired) electrons. The maximum absolute atomic E-state index is 12.1. The van der Waals surface area contributed by atoms with Crippen molar-refractivity contribution < 1.29 is 4.79 Å². The average molecular weight is 229 g/mol. The second kappa shape index (κ2) is 4.56. The quantitative estimate of drug-likeness (QED) is 0.810. The molecule has 0 aromatic heterocycles. The van der Waals surface area contributed by atoms with Crippen molar-refractivity contribution in [2.45, 2.75) is 25.3 Å². The molecule has 1 heterocycles. The van der Waals surface area contributed by atoms with Gasteiger partial charge in [-0.2, -0.15) is 5.26 Å². The minimum atomic E-state index is -0.483. The summed E-state index contributed by atoms with van der Waals surface area (Å²) in [7, 11) is 0. The molecule has 1 aromatic carbocycles. The number of benzene rings is 1. The molecule has 0 saturated carbocycles. The van der Waals surface area contributed by atoms with Gasteiger partial charge in [0.15, 0.2) is 0 Å². The fourth-order valence-electron chi connectivity index (χ4n) is 2.02. The Kier molecular flexibility index (Phi) is 3.12. The van der Waals surface area contributed by atoms with E-state index in [-0.39, 0.29) is 5.91 Å². The zero-order valence-electron chi connectivity index (χ0n) is 9.79. The summed E-state index contributed by atoms with van der Waals surface area (Å²) in [4.78, 5) is 12.1. The molecule has 4 nitrogen and oxygen atoms in total. The standard InChI is InChI=1S/C13H15N3O/c1-13(6-3-7-15-13)12(17)16-11-5-2-4-10(8-11)9-14/h2,4-5,8,15H,3,6-7H2,1H3,(H,16,17). The number of hydrogen-bond donors (Lipinski definition) is 2. The number of nitriles is 1. The van der Waals surface area contributed by atoms with Gasteiger partial charge in [-0.05, 0) is 44.5 Å². The Morgan fingerprint density at radius 1 is 1.59 bits per heavy atom. The highest BCUT2D eigenvalue weighted by atomic mass is 16.2. The molecule has 1 fully saturated rings. The minimum Gasteiger partial charge on any atom is -0.324 e. The van der Waals surface area contributed by atoms with Gasteiger partial charge in [-0.15, -0.1) is 0 Å². The van der Waals surface area contributed by atoms with E-state index in [0.717, 1.165) is 19.4 Å². The molecule has 2 N–H and O–H groups in total. The van der Waals surface area contributed by atoms with E-state index < -0.39 is 5.54 Å². The molecule has 4 heteroatoms. The summed E-state index contributed by atoms with van der Waals surface area (Å²) in [5.74, 6) is -0.0370. The number of carbonyl (C=O) groups is 1. The molecule has 1 aliphatic rings. The first-order valence-corrected chi connectivity index (χ1v) is 5.71. The average Bonchev–Trinajstić information content (AvgIpc) is 2.78. The Hall–Kier alpha value is -1.86. The fourth-order valence-corrected chi connectivity index (χ4v) is 2.02. The molecule has 1 unspecified atom stereocenters. The van der Waals surface area contributed by atoms with Crippen LogP contribution in [0.5, 0.6) is 0 Å². The Balaban J connectivity index is 2.10. The van der Waals surface area contributed by atoms with Crippen LogP contribution in [-0.2, 0) is 4.79 Å². The molecule has 2 rings (SSSR count). The predicted octanol–water partition coefficient (Wildman–Crippen LogP) is 1.64. The van der Waals surface area contributed by atoms with E-state index in [1.165, 1.54) is 0 Å². The minimum absolute atomic E-state index is 0.0370. The first kappa shape index (κ1) is 11.6. The van der Waals surface area contributed by atoms with Crippen LogP contribution in [0.3, 0.4) is 0 Å². The van der Waals surface area contributed by atoms with Crippen LogP contribution in [0.1, 0.15) is 25.3 Å². The summed E-state index contributed by atoms with van der Waals surface area (Å²) in [6, 6.07) is 8.99. The van der Waals surface area contributed by atoms with E-state index in [1.807, 2.05) is 6.92 Å². The molecule has 17 heavy (non-hydrogen) atoms. The number of amides is 1. The third kappa shape index (κ3) is 2.45. The van der Waals surface area contributed by atoms with Crippen LogP contribution in [0.4, 0.5) is 5.69 Å². The van der Waals surface area contributed by atoms with Crippen LogP contribution in [0.15, 0.2) is 24.3 Å². The maximum atomic E-state index is 12.1. The number of nitrogens with zero attached hydrogens (tertiary/aromatic N) is 1. The lowest BCUT2D eigenvalue weighted by Gasteiger charge is -2.23. The van der Waals surface area contributed by atoms with Crippen LogP contribution in [0.25, 0.3) is 0 Å².